The number of nitrogens with one attached hydrogen (secondary N) is 1. The Morgan fingerprint density at radius 3 is 2.64 bits per heavy atom. The van der Waals surface area contributed by atoms with Crippen molar-refractivity contribution in [1.82, 2.24) is 29.9 Å². The zero-order chi connectivity index (χ0) is 25.2. The van der Waals surface area contributed by atoms with Gasteiger partial charge in [-0.15, -0.1) is 5.10 Å². The topological polar surface area (TPSA) is 115 Å². The molecule has 36 heavy (non-hydrogen) atoms. The van der Waals surface area contributed by atoms with Gasteiger partial charge in [0.1, 0.15) is 5.82 Å². The second-order valence-electron chi connectivity index (χ2n) is 9.02. The highest BCUT2D eigenvalue weighted by Crippen LogP contribution is 2.30. The van der Waals surface area contributed by atoms with Crippen LogP contribution in [-0.2, 0) is 6.54 Å². The van der Waals surface area contributed by atoms with E-state index in [4.69, 9.17) is 14.5 Å². The van der Waals surface area contributed by atoms with Crippen molar-refractivity contribution < 1.29 is 14.3 Å². The number of fused-ring (bicyclic) bond motifs is 1. The van der Waals surface area contributed by atoms with Gasteiger partial charge in [0, 0.05) is 24.6 Å². The number of hydrogen-bond acceptors (Lipinski definition) is 7. The molecule has 186 valence electrons. The Labute approximate surface area is 207 Å². The Kier molecular flexibility index (Phi) is 6.41. The Morgan fingerprint density at radius 2 is 1.89 bits per heavy atom. The molecule has 2 aromatic carbocycles. The third kappa shape index (κ3) is 4.53. The smallest absolute Gasteiger partial charge is 0.281 e. The molecule has 4 aromatic rings. The molecular weight excluding hydrogens is 460 g/mol. The van der Waals surface area contributed by atoms with Crippen molar-refractivity contribution in [3.05, 3.63) is 75.3 Å². The fourth-order valence-electron chi connectivity index (χ4n) is 4.59. The molecule has 1 aliphatic heterocycles. The van der Waals surface area contributed by atoms with Crippen molar-refractivity contribution in [3.63, 3.8) is 0 Å². The van der Waals surface area contributed by atoms with E-state index in [0.717, 1.165) is 18.4 Å². The molecule has 1 N–H and O–H groups in total. The second-order valence-corrected chi connectivity index (χ2v) is 9.02. The summed E-state index contributed by atoms with van der Waals surface area (Å²) in [6, 6.07) is 13.3. The highest BCUT2D eigenvalue weighted by molar-refractivity contribution is 5.95. The minimum absolute atomic E-state index is 0.102. The normalized spacial score (nSPS) is 15.8. The molecule has 1 fully saturated rings. The van der Waals surface area contributed by atoms with Gasteiger partial charge in [0.25, 0.3) is 11.5 Å². The number of carbonyl (C=O) groups is 1. The van der Waals surface area contributed by atoms with Crippen molar-refractivity contribution in [2.45, 2.75) is 32.2 Å². The van der Waals surface area contributed by atoms with Crippen molar-refractivity contribution in [1.29, 1.82) is 0 Å². The number of carbonyl (C=O) groups excluding carboxylic acids is 1. The van der Waals surface area contributed by atoms with Gasteiger partial charge < -0.3 is 19.4 Å². The number of benzene rings is 2. The summed E-state index contributed by atoms with van der Waals surface area (Å²) in [5.74, 6) is 1.40. The summed E-state index contributed by atoms with van der Waals surface area (Å²) in [4.78, 5) is 35.5. The third-order valence-corrected chi connectivity index (χ3v) is 6.57. The van der Waals surface area contributed by atoms with E-state index < -0.39 is 0 Å². The number of H-pyrrole nitrogens is 1. The molecule has 0 spiro atoms. The number of amides is 1. The van der Waals surface area contributed by atoms with Crippen LogP contribution < -0.4 is 15.0 Å². The maximum atomic E-state index is 13.3. The molecule has 3 heterocycles. The van der Waals surface area contributed by atoms with Gasteiger partial charge in [0.15, 0.2) is 22.7 Å². The summed E-state index contributed by atoms with van der Waals surface area (Å²) < 4.78 is 12.3. The number of aromatic amines is 1. The van der Waals surface area contributed by atoms with Crippen molar-refractivity contribution in [2.75, 3.05) is 27.3 Å². The van der Waals surface area contributed by atoms with Crippen molar-refractivity contribution in [2.24, 2.45) is 0 Å². The van der Waals surface area contributed by atoms with Gasteiger partial charge in [-0.3, -0.25) is 9.59 Å². The number of rotatable bonds is 6. The highest BCUT2D eigenvalue weighted by atomic mass is 16.5. The quantitative estimate of drug-likeness (QED) is 0.444. The lowest BCUT2D eigenvalue weighted by molar-refractivity contribution is 0.0704. The number of aryl methyl sites for hydroxylation is 1. The van der Waals surface area contributed by atoms with Crippen LogP contribution in [-0.4, -0.2) is 63.1 Å². The molecule has 2 aromatic heterocycles. The van der Waals surface area contributed by atoms with Gasteiger partial charge in [0.05, 0.1) is 20.8 Å². The van der Waals surface area contributed by atoms with Crippen LogP contribution in [0, 0.1) is 6.92 Å². The van der Waals surface area contributed by atoms with Gasteiger partial charge >= 0.3 is 0 Å². The predicted molar refractivity (Wildman–Crippen MR) is 134 cm³/mol. The molecule has 1 atom stereocenters. The van der Waals surface area contributed by atoms with Gasteiger partial charge in [0.2, 0.25) is 0 Å². The molecule has 10 nitrogen and oxygen atoms in total. The maximum Gasteiger partial charge on any atom is 0.281 e. The van der Waals surface area contributed by atoms with Crippen LogP contribution in [0.15, 0.2) is 47.3 Å². The van der Waals surface area contributed by atoms with Gasteiger partial charge in [-0.05, 0) is 43.5 Å². The third-order valence-electron chi connectivity index (χ3n) is 6.57. The number of hydrogen-bond donors (Lipinski definition) is 1. The van der Waals surface area contributed by atoms with Crippen molar-refractivity contribution in [3.8, 4) is 11.5 Å². The fraction of sp³-hybridized carbons (Fsp3) is 0.346. The van der Waals surface area contributed by atoms with Gasteiger partial charge in [-0.1, -0.05) is 35.0 Å². The van der Waals surface area contributed by atoms with E-state index in [1.165, 1.54) is 5.56 Å². The molecule has 10 heteroatoms. The van der Waals surface area contributed by atoms with Gasteiger partial charge in [-0.2, -0.15) is 0 Å². The van der Waals surface area contributed by atoms with Crippen LogP contribution in [0.2, 0.25) is 0 Å². The first kappa shape index (κ1) is 23.5. The lowest BCUT2D eigenvalue weighted by Gasteiger charge is -2.32. The average Bonchev–Trinajstić information content (AvgIpc) is 3.32. The molecule has 0 radical (unpaired) electrons. The van der Waals surface area contributed by atoms with E-state index >= 15 is 0 Å². The maximum absolute atomic E-state index is 13.3. The molecule has 0 saturated carbocycles. The minimum Gasteiger partial charge on any atom is -0.493 e. The summed E-state index contributed by atoms with van der Waals surface area (Å²) in [6.45, 7) is 3.57. The molecule has 1 saturated heterocycles. The van der Waals surface area contributed by atoms with E-state index in [0.29, 0.717) is 48.2 Å². The first-order valence-electron chi connectivity index (χ1n) is 11.9. The monoisotopic (exact) mass is 488 g/mol. The number of likely N-dealkylation sites (tertiary alicyclic amines) is 1. The molecular formula is C26H28N6O4. The molecule has 1 aliphatic rings. The van der Waals surface area contributed by atoms with Gasteiger partial charge in [-0.25, -0.2) is 9.67 Å². The van der Waals surface area contributed by atoms with Crippen LogP contribution in [0.5, 0.6) is 11.5 Å². The van der Waals surface area contributed by atoms with Crippen LogP contribution in [0.3, 0.4) is 0 Å². The number of nitrogens with zero attached hydrogens (tertiary/aromatic N) is 5. The molecule has 1 amide bonds. The number of aromatic nitrogens is 5. The SMILES string of the molecule is COc1ccc(C(=O)N2CCC[C@H](c3nc4c(nnn4Cc4ccc(C)cc4)c(=O)[nH]3)C2)cc1OC. The zero-order valence-corrected chi connectivity index (χ0v) is 20.5. The Bertz CT molecular complexity index is 1460. The average molecular weight is 489 g/mol. The fourth-order valence-corrected chi connectivity index (χ4v) is 4.59. The first-order valence-corrected chi connectivity index (χ1v) is 11.9. The summed E-state index contributed by atoms with van der Waals surface area (Å²) in [5, 5.41) is 8.22. The molecule has 5 rings (SSSR count). The highest BCUT2D eigenvalue weighted by Gasteiger charge is 2.28. The second kappa shape index (κ2) is 9.80. The number of ether oxygens (including phenoxy) is 2. The molecule has 0 aliphatic carbocycles. The standard InChI is InChI=1S/C26H28N6O4/c1-16-6-8-17(9-7-16)14-32-24-22(29-30-32)25(33)28-23(27-24)19-5-4-12-31(15-19)26(34)18-10-11-20(35-2)21(13-18)36-3/h6-11,13,19H,4-5,12,14-15H2,1-3H3,(H,27,28,33)/t19-/m0/s1. The number of piperidine rings is 1. The van der Waals surface area contributed by atoms with E-state index in [9.17, 15) is 9.59 Å². The Balaban J connectivity index is 1.40. The summed E-state index contributed by atoms with van der Waals surface area (Å²) in [6.07, 6.45) is 1.61. The lowest BCUT2D eigenvalue weighted by atomic mass is 9.96. The van der Waals surface area contributed by atoms with E-state index in [-0.39, 0.29) is 22.9 Å². The Hall–Kier alpha value is -4.21. The largest absolute Gasteiger partial charge is 0.493 e. The van der Waals surface area contributed by atoms with Crippen LogP contribution in [0.4, 0.5) is 0 Å². The first-order chi connectivity index (χ1) is 17.5. The summed E-state index contributed by atoms with van der Waals surface area (Å²) in [7, 11) is 3.10. The van der Waals surface area contributed by atoms with Crippen molar-refractivity contribution >= 4 is 17.1 Å². The van der Waals surface area contributed by atoms with E-state index in [2.05, 4.69) is 15.3 Å². The molecule has 0 unspecified atom stereocenters. The molecule has 0 bridgehead atoms. The summed E-state index contributed by atoms with van der Waals surface area (Å²) in [5.41, 5.74) is 3.06. The van der Waals surface area contributed by atoms with E-state index in [1.54, 1.807) is 42.0 Å². The lowest BCUT2D eigenvalue weighted by Crippen LogP contribution is -2.40. The minimum atomic E-state index is -0.325. The number of methoxy groups -OCH3 is 2. The zero-order valence-electron chi connectivity index (χ0n) is 20.5. The van der Waals surface area contributed by atoms with Crippen LogP contribution in [0.1, 0.15) is 46.1 Å². The Morgan fingerprint density at radius 1 is 1.11 bits per heavy atom. The van der Waals surface area contributed by atoms with E-state index in [1.807, 2.05) is 31.2 Å². The van der Waals surface area contributed by atoms with Crippen LogP contribution in [0.25, 0.3) is 11.2 Å². The summed E-state index contributed by atoms with van der Waals surface area (Å²) >= 11 is 0. The van der Waals surface area contributed by atoms with Crippen LogP contribution >= 0.6 is 0 Å². The predicted octanol–water partition coefficient (Wildman–Crippen LogP) is 2.91.